The lowest BCUT2D eigenvalue weighted by atomic mass is 9.98. The minimum atomic E-state index is -0.0349. The quantitative estimate of drug-likeness (QED) is 0.186. The number of carbonyl (C=O) groups is 1. The Labute approximate surface area is 232 Å². The number of carbonyl (C=O) groups excluding carboxylic acids is 1. The Hall–Kier alpha value is -4.00. The molecule has 6 heteroatoms. The van der Waals surface area contributed by atoms with Crippen LogP contribution in [-0.4, -0.2) is 20.8 Å². The third kappa shape index (κ3) is 5.05. The summed E-state index contributed by atoms with van der Waals surface area (Å²) >= 11 is 6.86. The van der Waals surface area contributed by atoms with Crippen LogP contribution >= 0.6 is 24.0 Å². The lowest BCUT2D eigenvalue weighted by molar-refractivity contribution is 0.244. The molecule has 0 radical (unpaired) electrons. The normalized spacial score (nSPS) is 18.4. The van der Waals surface area contributed by atoms with Crippen molar-refractivity contribution < 1.29 is 4.79 Å². The van der Waals surface area contributed by atoms with Gasteiger partial charge in [-0.25, -0.2) is 0 Å². The van der Waals surface area contributed by atoms with Crippen LogP contribution in [0.15, 0.2) is 125 Å². The Balaban J connectivity index is 1.24. The van der Waals surface area contributed by atoms with Gasteiger partial charge in [-0.1, -0.05) is 115 Å². The molecule has 0 N–H and O–H groups in total. The van der Waals surface area contributed by atoms with Gasteiger partial charge in [0, 0.05) is 6.42 Å². The van der Waals surface area contributed by atoms with Crippen LogP contribution in [-0.2, 0) is 6.54 Å². The van der Waals surface area contributed by atoms with Gasteiger partial charge < -0.3 is 0 Å². The SMILES string of the molecule is O=C1S/C(=C\c2ccc(N3N=C(c4ccccc4)CC3c3ccccc3)cc2)C(=S)N1Cc1ccccc1. The number of rotatable bonds is 6. The van der Waals surface area contributed by atoms with Gasteiger partial charge in [0.15, 0.2) is 0 Å². The summed E-state index contributed by atoms with van der Waals surface area (Å²) in [6, 6.07) is 39.2. The van der Waals surface area contributed by atoms with Crippen molar-refractivity contribution in [3.05, 3.63) is 142 Å². The molecule has 4 aromatic carbocycles. The highest BCUT2D eigenvalue weighted by Crippen LogP contribution is 2.38. The zero-order valence-electron chi connectivity index (χ0n) is 20.6. The predicted molar refractivity (Wildman–Crippen MR) is 161 cm³/mol. The summed E-state index contributed by atoms with van der Waals surface area (Å²) in [6.07, 6.45) is 2.83. The fourth-order valence-corrected chi connectivity index (χ4v) is 6.00. The van der Waals surface area contributed by atoms with E-state index in [1.807, 2.05) is 48.5 Å². The van der Waals surface area contributed by atoms with Gasteiger partial charge >= 0.3 is 0 Å². The molecular formula is C32H25N3OS2. The molecule has 1 atom stereocenters. The second-order valence-corrected chi connectivity index (χ2v) is 10.6. The Bertz CT molecular complexity index is 1520. The second kappa shape index (κ2) is 10.8. The van der Waals surface area contributed by atoms with E-state index in [2.05, 4.69) is 77.8 Å². The molecule has 0 bridgehead atoms. The van der Waals surface area contributed by atoms with Gasteiger partial charge in [-0.05, 0) is 52.2 Å². The number of hydrogen-bond acceptors (Lipinski definition) is 5. The molecule has 1 saturated heterocycles. The molecule has 1 amide bonds. The zero-order valence-corrected chi connectivity index (χ0v) is 22.2. The van der Waals surface area contributed by atoms with E-state index >= 15 is 0 Å². The van der Waals surface area contributed by atoms with Crippen molar-refractivity contribution in [1.29, 1.82) is 0 Å². The van der Waals surface area contributed by atoms with Gasteiger partial charge in [0.25, 0.3) is 5.24 Å². The number of hydrazone groups is 1. The van der Waals surface area contributed by atoms with Crippen molar-refractivity contribution in [3.63, 3.8) is 0 Å². The minimum absolute atomic E-state index is 0.0349. The van der Waals surface area contributed by atoms with Crippen LogP contribution in [0.1, 0.15) is 34.7 Å². The van der Waals surface area contributed by atoms with Crippen LogP contribution in [0.2, 0.25) is 0 Å². The maximum Gasteiger partial charge on any atom is 0.291 e. The third-order valence-electron chi connectivity index (χ3n) is 6.71. The monoisotopic (exact) mass is 531 g/mol. The molecule has 4 aromatic rings. The molecule has 1 unspecified atom stereocenters. The van der Waals surface area contributed by atoms with E-state index in [-0.39, 0.29) is 11.3 Å². The first-order valence-corrected chi connectivity index (χ1v) is 13.7. The van der Waals surface area contributed by atoms with E-state index in [0.717, 1.165) is 39.4 Å². The third-order valence-corrected chi connectivity index (χ3v) is 8.21. The molecule has 2 aliphatic heterocycles. The number of nitrogens with zero attached hydrogens (tertiary/aromatic N) is 3. The molecule has 4 nitrogen and oxygen atoms in total. The average molecular weight is 532 g/mol. The van der Waals surface area contributed by atoms with E-state index in [1.165, 1.54) is 17.3 Å². The van der Waals surface area contributed by atoms with Gasteiger partial charge in [-0.2, -0.15) is 5.10 Å². The van der Waals surface area contributed by atoms with Crippen LogP contribution in [0.5, 0.6) is 0 Å². The Kier molecular flexibility index (Phi) is 6.90. The van der Waals surface area contributed by atoms with Crippen molar-refractivity contribution in [3.8, 4) is 0 Å². The van der Waals surface area contributed by atoms with Crippen LogP contribution in [0.25, 0.3) is 6.08 Å². The van der Waals surface area contributed by atoms with Crippen molar-refractivity contribution in [1.82, 2.24) is 4.90 Å². The van der Waals surface area contributed by atoms with E-state index in [1.54, 1.807) is 4.90 Å². The van der Waals surface area contributed by atoms with Crippen LogP contribution in [0.3, 0.4) is 0 Å². The van der Waals surface area contributed by atoms with E-state index in [0.29, 0.717) is 11.5 Å². The lowest BCUT2D eigenvalue weighted by Crippen LogP contribution is -2.26. The highest BCUT2D eigenvalue weighted by molar-refractivity contribution is 8.19. The maximum atomic E-state index is 12.7. The van der Waals surface area contributed by atoms with Gasteiger partial charge in [0.05, 0.1) is 28.9 Å². The summed E-state index contributed by atoms with van der Waals surface area (Å²) < 4.78 is 0. The van der Waals surface area contributed by atoms with E-state index in [4.69, 9.17) is 17.3 Å². The lowest BCUT2D eigenvalue weighted by Gasteiger charge is -2.24. The molecular weight excluding hydrogens is 507 g/mol. The highest BCUT2D eigenvalue weighted by atomic mass is 32.2. The summed E-state index contributed by atoms with van der Waals surface area (Å²) in [5.41, 5.74) is 6.54. The molecule has 38 heavy (non-hydrogen) atoms. The van der Waals surface area contributed by atoms with E-state index < -0.39 is 0 Å². The molecule has 1 fully saturated rings. The van der Waals surface area contributed by atoms with Crippen molar-refractivity contribution in [2.75, 3.05) is 5.01 Å². The van der Waals surface area contributed by atoms with Gasteiger partial charge in [0.1, 0.15) is 4.99 Å². The Morgan fingerprint density at radius 2 is 1.47 bits per heavy atom. The summed E-state index contributed by atoms with van der Waals surface area (Å²) in [6.45, 7) is 0.485. The van der Waals surface area contributed by atoms with E-state index in [9.17, 15) is 4.79 Å². The van der Waals surface area contributed by atoms with Crippen LogP contribution in [0, 0.1) is 0 Å². The first-order chi connectivity index (χ1) is 18.7. The Morgan fingerprint density at radius 3 is 2.16 bits per heavy atom. The Morgan fingerprint density at radius 1 is 0.842 bits per heavy atom. The molecule has 6 rings (SSSR count). The van der Waals surface area contributed by atoms with Crippen molar-refractivity contribution >= 4 is 51.7 Å². The fraction of sp³-hybridized carbons (Fsp3) is 0.0938. The number of anilines is 1. The number of amides is 1. The molecule has 186 valence electrons. The van der Waals surface area contributed by atoms with Gasteiger partial charge in [0.2, 0.25) is 0 Å². The summed E-state index contributed by atoms with van der Waals surface area (Å²) in [5, 5.41) is 7.13. The molecule has 0 spiro atoms. The first kappa shape index (κ1) is 24.3. The van der Waals surface area contributed by atoms with Crippen LogP contribution in [0.4, 0.5) is 10.5 Å². The smallest absolute Gasteiger partial charge is 0.288 e. The summed E-state index contributed by atoms with van der Waals surface area (Å²) in [5.74, 6) is 0. The van der Waals surface area contributed by atoms with Crippen molar-refractivity contribution in [2.45, 2.75) is 19.0 Å². The predicted octanol–water partition coefficient (Wildman–Crippen LogP) is 8.08. The first-order valence-electron chi connectivity index (χ1n) is 12.5. The minimum Gasteiger partial charge on any atom is -0.288 e. The largest absolute Gasteiger partial charge is 0.291 e. The van der Waals surface area contributed by atoms with Crippen molar-refractivity contribution in [2.24, 2.45) is 5.10 Å². The van der Waals surface area contributed by atoms with Crippen LogP contribution < -0.4 is 5.01 Å². The molecule has 2 heterocycles. The standard InChI is InChI=1S/C32H25N3OS2/c36-32-34(22-24-10-4-1-5-11-24)31(37)30(38-32)20-23-16-18-27(19-17-23)35-29(26-14-8-3-9-15-26)21-28(33-35)25-12-6-2-7-13-25/h1-20,29H,21-22H2/b30-20-. The number of hydrogen-bond donors (Lipinski definition) is 0. The van der Waals surface area contributed by atoms with Gasteiger partial charge in [-0.3, -0.25) is 14.7 Å². The molecule has 0 aromatic heterocycles. The number of thiocarbonyl (C=S) groups is 1. The number of thioether (sulfide) groups is 1. The second-order valence-electron chi connectivity index (χ2n) is 9.23. The topological polar surface area (TPSA) is 35.9 Å². The molecule has 0 aliphatic carbocycles. The summed E-state index contributed by atoms with van der Waals surface area (Å²) in [7, 11) is 0. The molecule has 0 saturated carbocycles. The average Bonchev–Trinajstić information content (AvgIpc) is 3.53. The molecule has 2 aliphatic rings. The zero-order chi connectivity index (χ0) is 25.9. The fourth-order valence-electron chi connectivity index (χ4n) is 4.77. The van der Waals surface area contributed by atoms with Gasteiger partial charge in [-0.15, -0.1) is 0 Å². The highest BCUT2D eigenvalue weighted by Gasteiger charge is 2.32. The summed E-state index contributed by atoms with van der Waals surface area (Å²) in [4.78, 5) is 15.7. The maximum absolute atomic E-state index is 12.7. The number of benzene rings is 4.